The molecule has 1 atom stereocenters. The quantitative estimate of drug-likeness (QED) is 0.252. The number of ether oxygens (including phenoxy) is 1. The molecule has 0 unspecified atom stereocenters. The number of nitrogens with zero attached hydrogens (tertiary/aromatic N) is 1. The summed E-state index contributed by atoms with van der Waals surface area (Å²) in [5.41, 5.74) is 0.736. The van der Waals surface area contributed by atoms with Crippen LogP contribution in [0.3, 0.4) is 0 Å². The van der Waals surface area contributed by atoms with E-state index in [4.69, 9.17) is 21.4 Å². The monoisotopic (exact) mass is 557 g/mol. The minimum Gasteiger partial charge on any atom is -0.494 e. The zero-order valence-corrected chi connectivity index (χ0v) is 21.4. The van der Waals surface area contributed by atoms with Gasteiger partial charge in [-0.3, -0.25) is 9.69 Å². The van der Waals surface area contributed by atoms with Gasteiger partial charge in [0.2, 0.25) is 0 Å². The molecule has 0 saturated carbocycles. The van der Waals surface area contributed by atoms with Crippen LogP contribution in [0.2, 0.25) is 5.02 Å². The third-order valence-corrected chi connectivity index (χ3v) is 5.98. The van der Waals surface area contributed by atoms with Gasteiger partial charge in [-0.15, -0.1) is 12.4 Å². The molecule has 0 aliphatic carbocycles. The second-order valence-electron chi connectivity index (χ2n) is 8.36. The first-order valence-corrected chi connectivity index (χ1v) is 11.7. The van der Waals surface area contributed by atoms with Crippen molar-refractivity contribution in [3.8, 4) is 5.75 Å². The van der Waals surface area contributed by atoms with Crippen molar-refractivity contribution in [2.24, 2.45) is 0 Å². The molecule has 3 rings (SSSR count). The molecule has 0 aliphatic rings. The summed E-state index contributed by atoms with van der Waals surface area (Å²) in [6.45, 7) is 1.02. The van der Waals surface area contributed by atoms with E-state index in [0.717, 1.165) is 6.07 Å². The molecule has 0 saturated heterocycles. The summed E-state index contributed by atoms with van der Waals surface area (Å²) in [5, 5.41) is 19.3. The van der Waals surface area contributed by atoms with Crippen LogP contribution >= 0.6 is 24.0 Å². The predicted molar refractivity (Wildman–Crippen MR) is 138 cm³/mol. The van der Waals surface area contributed by atoms with E-state index >= 15 is 0 Å². The maximum absolute atomic E-state index is 13.3. The molecule has 0 aromatic heterocycles. The van der Waals surface area contributed by atoms with Crippen LogP contribution in [0.15, 0.2) is 72.8 Å². The van der Waals surface area contributed by atoms with Crippen molar-refractivity contribution in [1.82, 2.24) is 4.90 Å². The average Bonchev–Trinajstić information content (AvgIpc) is 2.82. The lowest BCUT2D eigenvalue weighted by Crippen LogP contribution is -2.30. The average molecular weight is 558 g/mol. The molecule has 0 radical (unpaired) electrons. The van der Waals surface area contributed by atoms with Gasteiger partial charge in [0.05, 0.1) is 29.7 Å². The van der Waals surface area contributed by atoms with Crippen molar-refractivity contribution in [2.45, 2.75) is 31.7 Å². The number of carboxylic acids is 1. The van der Waals surface area contributed by atoms with E-state index < -0.39 is 23.8 Å². The fourth-order valence-corrected chi connectivity index (χ4v) is 4.11. The molecule has 0 fully saturated rings. The zero-order chi connectivity index (χ0) is 26.1. The highest BCUT2D eigenvalue weighted by molar-refractivity contribution is 6.32. The van der Waals surface area contributed by atoms with E-state index in [9.17, 15) is 23.1 Å². The van der Waals surface area contributed by atoms with Crippen molar-refractivity contribution >= 4 is 30.0 Å². The number of aliphatic hydroxyl groups excluding tert-OH is 1. The van der Waals surface area contributed by atoms with Crippen LogP contribution in [0.25, 0.3) is 0 Å². The molecule has 5 nitrogen and oxygen atoms in total. The van der Waals surface area contributed by atoms with Gasteiger partial charge < -0.3 is 14.9 Å². The second-order valence-corrected chi connectivity index (χ2v) is 8.74. The summed E-state index contributed by atoms with van der Waals surface area (Å²) in [4.78, 5) is 12.8. The highest BCUT2D eigenvalue weighted by Crippen LogP contribution is 2.36. The highest BCUT2D eigenvalue weighted by Gasteiger charge is 2.34. The fraction of sp³-hybridized carbons (Fsp3) is 0.296. The second kappa shape index (κ2) is 14.2. The predicted octanol–water partition coefficient (Wildman–Crippen LogP) is 6.41. The number of aliphatic carboxylic acids is 1. The molecular weight excluding hydrogens is 530 g/mol. The molecular formula is C27H28Cl2F3NO4. The third-order valence-electron chi connectivity index (χ3n) is 5.53. The van der Waals surface area contributed by atoms with E-state index in [1.54, 1.807) is 54.6 Å². The molecule has 10 heteroatoms. The lowest BCUT2D eigenvalue weighted by Gasteiger charge is -2.26. The van der Waals surface area contributed by atoms with Crippen LogP contribution in [-0.2, 0) is 23.9 Å². The maximum Gasteiger partial charge on any atom is 0.417 e. The van der Waals surface area contributed by atoms with E-state index in [1.165, 1.54) is 6.07 Å². The summed E-state index contributed by atoms with van der Waals surface area (Å²) >= 11 is 6.11. The summed E-state index contributed by atoms with van der Waals surface area (Å²) < 4.78 is 45.7. The number of benzene rings is 3. The Bertz CT molecular complexity index is 1150. The molecule has 0 heterocycles. The van der Waals surface area contributed by atoms with Crippen LogP contribution in [0.5, 0.6) is 5.75 Å². The van der Waals surface area contributed by atoms with Gasteiger partial charge in [0.15, 0.2) is 0 Å². The minimum atomic E-state index is -4.56. The van der Waals surface area contributed by atoms with Crippen LogP contribution in [0.4, 0.5) is 13.2 Å². The SMILES string of the molecule is Cl.O=C(O)Cc1cccc(OCCCN(Cc2cccc(C(F)(F)F)c2Cl)C[C@H](O)c2ccccc2)c1. The Hall–Kier alpha value is -2.78. The smallest absolute Gasteiger partial charge is 0.417 e. The van der Waals surface area contributed by atoms with Crippen molar-refractivity contribution in [3.63, 3.8) is 0 Å². The Morgan fingerprint density at radius 3 is 2.41 bits per heavy atom. The number of carbonyl (C=O) groups is 1. The van der Waals surface area contributed by atoms with Gasteiger partial charge in [0, 0.05) is 19.6 Å². The summed E-state index contributed by atoms with van der Waals surface area (Å²) in [6.07, 6.45) is -5.00. The molecule has 0 bridgehead atoms. The number of alkyl halides is 3. The zero-order valence-electron chi connectivity index (χ0n) is 19.8. The molecule has 0 spiro atoms. The van der Waals surface area contributed by atoms with E-state index in [2.05, 4.69) is 0 Å². The van der Waals surface area contributed by atoms with Gasteiger partial charge in [-0.2, -0.15) is 13.2 Å². The van der Waals surface area contributed by atoms with Crippen molar-refractivity contribution in [2.75, 3.05) is 19.7 Å². The van der Waals surface area contributed by atoms with Gasteiger partial charge in [-0.1, -0.05) is 66.2 Å². The molecule has 3 aromatic rings. The summed E-state index contributed by atoms with van der Waals surface area (Å²) in [5.74, 6) is -0.404. The van der Waals surface area contributed by atoms with Gasteiger partial charge in [-0.25, -0.2) is 0 Å². The van der Waals surface area contributed by atoms with Gasteiger partial charge in [-0.05, 0) is 41.3 Å². The van der Waals surface area contributed by atoms with E-state index in [1.807, 2.05) is 11.0 Å². The van der Waals surface area contributed by atoms with Gasteiger partial charge in [0.1, 0.15) is 5.75 Å². The molecule has 3 aromatic carbocycles. The van der Waals surface area contributed by atoms with Crippen LogP contribution in [-0.4, -0.2) is 40.8 Å². The number of halogens is 5. The Balaban J connectivity index is 0.00000481. The molecule has 2 N–H and O–H groups in total. The van der Waals surface area contributed by atoms with E-state index in [-0.39, 0.29) is 36.9 Å². The number of carboxylic acid groups (broad SMARTS) is 1. The van der Waals surface area contributed by atoms with Crippen molar-refractivity contribution in [3.05, 3.63) is 100 Å². The number of aliphatic hydroxyl groups is 1. The normalized spacial score (nSPS) is 12.2. The van der Waals surface area contributed by atoms with Crippen LogP contribution in [0.1, 0.15) is 34.8 Å². The minimum absolute atomic E-state index is 0. The van der Waals surface area contributed by atoms with Gasteiger partial charge in [0.25, 0.3) is 0 Å². The van der Waals surface area contributed by atoms with Crippen molar-refractivity contribution in [1.29, 1.82) is 0 Å². The lowest BCUT2D eigenvalue weighted by atomic mass is 10.1. The topological polar surface area (TPSA) is 70.0 Å². The Kier molecular flexibility index (Phi) is 11.7. The first kappa shape index (κ1) is 30.4. The fourth-order valence-electron chi connectivity index (χ4n) is 3.82. The standard InChI is InChI=1S/C27H27ClF3NO4.ClH/c28-26-21(10-5-12-23(26)27(29,30)31)17-32(18-24(33)20-8-2-1-3-9-20)13-6-14-36-22-11-4-7-19(15-22)16-25(34)35;/h1-5,7-12,15,24,33H,6,13-14,16-18H2,(H,34,35);1H/t24-;/m0./s1. The summed E-state index contributed by atoms with van der Waals surface area (Å²) in [6, 6.07) is 19.6. The number of hydrogen-bond donors (Lipinski definition) is 2. The van der Waals surface area contributed by atoms with E-state index in [0.29, 0.717) is 42.0 Å². The van der Waals surface area contributed by atoms with Gasteiger partial charge >= 0.3 is 12.1 Å². The maximum atomic E-state index is 13.3. The number of rotatable bonds is 12. The van der Waals surface area contributed by atoms with Crippen LogP contribution in [0, 0.1) is 0 Å². The van der Waals surface area contributed by atoms with Crippen LogP contribution < -0.4 is 4.74 Å². The summed E-state index contributed by atoms with van der Waals surface area (Å²) in [7, 11) is 0. The lowest BCUT2D eigenvalue weighted by molar-refractivity contribution is -0.138. The molecule has 37 heavy (non-hydrogen) atoms. The Morgan fingerprint density at radius 2 is 1.73 bits per heavy atom. The molecule has 0 aliphatic heterocycles. The largest absolute Gasteiger partial charge is 0.494 e. The molecule has 200 valence electrons. The Morgan fingerprint density at radius 1 is 1.03 bits per heavy atom. The number of hydrogen-bond acceptors (Lipinski definition) is 4. The van der Waals surface area contributed by atoms with Crippen molar-refractivity contribution < 1.29 is 32.9 Å². The first-order valence-electron chi connectivity index (χ1n) is 11.4. The molecule has 0 amide bonds. The first-order chi connectivity index (χ1) is 17.1. The highest BCUT2D eigenvalue weighted by atomic mass is 35.5. The Labute approximate surface area is 224 Å². The third kappa shape index (κ3) is 9.55.